The van der Waals surface area contributed by atoms with E-state index < -0.39 is 11.7 Å². The van der Waals surface area contributed by atoms with E-state index in [1.54, 1.807) is 17.8 Å². The maximum Gasteiger partial charge on any atom is 0.417 e. The van der Waals surface area contributed by atoms with Crippen molar-refractivity contribution in [2.45, 2.75) is 24.9 Å². The smallest absolute Gasteiger partial charge is 0.297 e. The summed E-state index contributed by atoms with van der Waals surface area (Å²) in [6.07, 6.45) is 3.48. The van der Waals surface area contributed by atoms with Crippen LogP contribution in [0.1, 0.15) is 30.1 Å². The second kappa shape index (κ2) is 7.14. The van der Waals surface area contributed by atoms with Gasteiger partial charge in [-0.25, -0.2) is 15.8 Å². The molecule has 0 aliphatic heterocycles. The molecule has 2 aromatic heterocycles. The van der Waals surface area contributed by atoms with Gasteiger partial charge in [0.25, 0.3) is 0 Å². The average molecular weight is 325 g/mol. The summed E-state index contributed by atoms with van der Waals surface area (Å²) < 4.78 is 37.8. The Bertz CT molecular complexity index is 656. The van der Waals surface area contributed by atoms with E-state index in [0.717, 1.165) is 30.9 Å². The molecule has 3 N–H and O–H groups in total. The van der Waals surface area contributed by atoms with Crippen molar-refractivity contribution in [2.24, 2.45) is 5.84 Å². The summed E-state index contributed by atoms with van der Waals surface area (Å²) in [6.45, 7) is 0. The number of carbonyl (C=O) groups is 1. The van der Waals surface area contributed by atoms with Crippen LogP contribution < -0.4 is 11.3 Å². The minimum atomic E-state index is -4.39. The van der Waals surface area contributed by atoms with Crippen LogP contribution >= 0.6 is 0 Å². The lowest BCUT2D eigenvalue weighted by Gasteiger charge is -2.08. The number of hydrogen-bond donors (Lipinski definition) is 2. The molecule has 0 radical (unpaired) electrons. The predicted octanol–water partition coefficient (Wildman–Crippen LogP) is 2.04. The van der Waals surface area contributed by atoms with E-state index in [1.807, 2.05) is 0 Å². The zero-order valence-electron chi connectivity index (χ0n) is 11.9. The van der Waals surface area contributed by atoms with Gasteiger partial charge in [0.2, 0.25) is 6.41 Å². The van der Waals surface area contributed by atoms with Crippen molar-refractivity contribution in [1.29, 1.82) is 0 Å². The number of hydrogen-bond acceptors (Lipinski definition) is 5. The fourth-order valence-corrected chi connectivity index (χ4v) is 1.79. The molecule has 0 spiro atoms. The third kappa shape index (κ3) is 4.71. The maximum atomic E-state index is 12.6. The molecule has 2 heterocycles. The third-order valence-electron chi connectivity index (χ3n) is 3.08. The molecule has 1 aliphatic rings. The number of nitrogens with two attached hydrogens (primary N) is 1. The van der Waals surface area contributed by atoms with Crippen LogP contribution in [0.4, 0.5) is 13.2 Å². The fourth-order valence-electron chi connectivity index (χ4n) is 1.79. The van der Waals surface area contributed by atoms with E-state index in [-0.39, 0.29) is 0 Å². The second-order valence-corrected chi connectivity index (χ2v) is 4.85. The van der Waals surface area contributed by atoms with Crippen molar-refractivity contribution in [3.8, 4) is 11.1 Å². The molecular formula is C14H14F3N5O. The number of nitrogens with zero attached hydrogens (tertiary/aromatic N) is 3. The van der Waals surface area contributed by atoms with Gasteiger partial charge in [0.1, 0.15) is 5.82 Å². The summed E-state index contributed by atoms with van der Waals surface area (Å²) in [7, 11) is 0. The average Bonchev–Trinajstić information content (AvgIpc) is 3.40. The molecule has 0 atom stereocenters. The molecule has 6 nitrogen and oxygen atoms in total. The number of alkyl halides is 3. The normalized spacial score (nSPS) is 13.7. The van der Waals surface area contributed by atoms with E-state index in [2.05, 4.69) is 20.8 Å². The van der Waals surface area contributed by atoms with Crippen LogP contribution in [0.25, 0.3) is 11.1 Å². The predicted molar refractivity (Wildman–Crippen MR) is 75.6 cm³/mol. The number of aromatic nitrogens is 3. The number of nitrogens with one attached hydrogen (secondary N) is 1. The van der Waals surface area contributed by atoms with Crippen LogP contribution in [0.3, 0.4) is 0 Å². The SMILES string of the molecule is FC(F)(F)c1cncc(-c2cnc(C3CC3)nc2)c1.NNC=O. The Balaban J connectivity index is 0.000000433. The first-order valence-corrected chi connectivity index (χ1v) is 6.70. The zero-order chi connectivity index (χ0) is 16.9. The van der Waals surface area contributed by atoms with E-state index in [0.29, 0.717) is 23.5 Å². The Morgan fingerprint density at radius 3 is 2.22 bits per heavy atom. The topological polar surface area (TPSA) is 93.8 Å². The first-order chi connectivity index (χ1) is 11.0. The molecule has 2 aromatic rings. The van der Waals surface area contributed by atoms with Gasteiger partial charge in [0, 0.05) is 41.8 Å². The number of hydrazine groups is 1. The van der Waals surface area contributed by atoms with Gasteiger partial charge in [-0.2, -0.15) is 13.2 Å². The van der Waals surface area contributed by atoms with Crippen LogP contribution in [0.5, 0.6) is 0 Å². The highest BCUT2D eigenvalue weighted by Gasteiger charge is 2.31. The van der Waals surface area contributed by atoms with Crippen LogP contribution in [-0.4, -0.2) is 21.4 Å². The summed E-state index contributed by atoms with van der Waals surface area (Å²) in [5.74, 6) is 5.60. The fraction of sp³-hybridized carbons (Fsp3) is 0.286. The summed E-state index contributed by atoms with van der Waals surface area (Å²) >= 11 is 0. The largest absolute Gasteiger partial charge is 0.417 e. The van der Waals surface area contributed by atoms with E-state index in [1.165, 1.54) is 6.20 Å². The van der Waals surface area contributed by atoms with Crippen LogP contribution in [-0.2, 0) is 11.0 Å². The first-order valence-electron chi connectivity index (χ1n) is 6.70. The molecule has 1 saturated carbocycles. The van der Waals surface area contributed by atoms with Gasteiger partial charge in [-0.1, -0.05) is 0 Å². The molecular weight excluding hydrogens is 311 g/mol. The summed E-state index contributed by atoms with van der Waals surface area (Å²) in [5, 5.41) is 0. The Kier molecular flexibility index (Phi) is 5.22. The van der Waals surface area contributed by atoms with Crippen molar-refractivity contribution in [3.05, 3.63) is 42.2 Å². The third-order valence-corrected chi connectivity index (χ3v) is 3.08. The molecule has 0 bridgehead atoms. The monoisotopic (exact) mass is 325 g/mol. The molecule has 0 aromatic carbocycles. The van der Waals surface area contributed by atoms with Crippen molar-refractivity contribution < 1.29 is 18.0 Å². The van der Waals surface area contributed by atoms with Crippen LogP contribution in [0, 0.1) is 0 Å². The Morgan fingerprint density at radius 1 is 1.13 bits per heavy atom. The minimum absolute atomic E-state index is 0.372. The number of carbonyl (C=O) groups excluding carboxylic acids is 1. The van der Waals surface area contributed by atoms with Crippen molar-refractivity contribution >= 4 is 6.41 Å². The van der Waals surface area contributed by atoms with Gasteiger partial charge in [0.05, 0.1) is 5.56 Å². The molecule has 23 heavy (non-hydrogen) atoms. The second-order valence-electron chi connectivity index (χ2n) is 4.85. The molecule has 122 valence electrons. The standard InChI is InChI=1S/C13H10F3N3.CH4N2O/c14-13(15,16)11-3-9(4-17-7-11)10-5-18-12(19-6-10)8-1-2-8;2-3-1-4/h3-8H,1-2H2;1H,2H2,(H,3,4). The quantitative estimate of drug-likeness (QED) is 0.390. The highest BCUT2D eigenvalue weighted by Crippen LogP contribution is 2.38. The molecule has 9 heteroatoms. The Labute approximate surface area is 129 Å². The molecule has 1 amide bonds. The summed E-state index contributed by atoms with van der Waals surface area (Å²) in [5.41, 5.74) is 1.90. The lowest BCUT2D eigenvalue weighted by Crippen LogP contribution is -2.18. The maximum absolute atomic E-state index is 12.6. The number of rotatable bonds is 3. The molecule has 1 fully saturated rings. The van der Waals surface area contributed by atoms with E-state index in [9.17, 15) is 13.2 Å². The van der Waals surface area contributed by atoms with E-state index >= 15 is 0 Å². The first kappa shape index (κ1) is 16.8. The zero-order valence-corrected chi connectivity index (χ0v) is 11.9. The van der Waals surface area contributed by atoms with Gasteiger partial charge < -0.3 is 0 Å². The summed E-state index contributed by atoms with van der Waals surface area (Å²) in [4.78, 5) is 20.9. The van der Waals surface area contributed by atoms with Crippen molar-refractivity contribution in [1.82, 2.24) is 20.4 Å². The summed E-state index contributed by atoms with van der Waals surface area (Å²) in [6, 6.07) is 1.06. The van der Waals surface area contributed by atoms with E-state index in [4.69, 9.17) is 4.79 Å². The highest BCUT2D eigenvalue weighted by atomic mass is 19.4. The minimum Gasteiger partial charge on any atom is -0.297 e. The lowest BCUT2D eigenvalue weighted by molar-refractivity contribution is -0.137. The van der Waals surface area contributed by atoms with Gasteiger partial charge in [-0.15, -0.1) is 0 Å². The van der Waals surface area contributed by atoms with Crippen LogP contribution in [0.2, 0.25) is 0 Å². The van der Waals surface area contributed by atoms with Crippen LogP contribution in [0.15, 0.2) is 30.9 Å². The number of amides is 1. The molecule has 0 unspecified atom stereocenters. The Morgan fingerprint density at radius 2 is 1.74 bits per heavy atom. The molecule has 1 aliphatic carbocycles. The van der Waals surface area contributed by atoms with Crippen molar-refractivity contribution in [3.63, 3.8) is 0 Å². The number of pyridine rings is 1. The molecule has 3 rings (SSSR count). The highest BCUT2D eigenvalue weighted by molar-refractivity contribution is 5.61. The lowest BCUT2D eigenvalue weighted by atomic mass is 10.1. The van der Waals surface area contributed by atoms with Gasteiger partial charge in [-0.05, 0) is 18.9 Å². The van der Waals surface area contributed by atoms with Gasteiger partial charge in [-0.3, -0.25) is 15.2 Å². The van der Waals surface area contributed by atoms with Crippen molar-refractivity contribution in [2.75, 3.05) is 0 Å². The number of halogens is 3. The van der Waals surface area contributed by atoms with Gasteiger partial charge in [0.15, 0.2) is 0 Å². The Hall–Kier alpha value is -2.55. The van der Waals surface area contributed by atoms with Gasteiger partial charge >= 0.3 is 6.18 Å². The molecule has 0 saturated heterocycles.